The average molecular weight is 583 g/mol. The molecular formula is C27H27FN6O6S. The summed E-state index contributed by atoms with van der Waals surface area (Å²) in [6.45, 7) is 0.608. The minimum atomic E-state index is -1.28. The van der Waals surface area contributed by atoms with E-state index in [9.17, 15) is 14.6 Å². The van der Waals surface area contributed by atoms with Crippen LogP contribution in [0.15, 0.2) is 55.1 Å². The van der Waals surface area contributed by atoms with Crippen LogP contribution in [0, 0.1) is 5.82 Å². The van der Waals surface area contributed by atoms with Gasteiger partial charge in [-0.05, 0) is 48.5 Å². The lowest BCUT2D eigenvalue weighted by atomic mass is 10.1. The zero-order valence-electron chi connectivity index (χ0n) is 21.9. The molecule has 1 fully saturated rings. The van der Waals surface area contributed by atoms with Crippen LogP contribution in [0.25, 0.3) is 11.2 Å². The molecule has 214 valence electrons. The first-order valence-electron chi connectivity index (χ1n) is 12.9. The van der Waals surface area contributed by atoms with Gasteiger partial charge in [0.1, 0.15) is 37.1 Å². The Bertz CT molecular complexity index is 1570. The van der Waals surface area contributed by atoms with Crippen LogP contribution in [-0.4, -0.2) is 80.2 Å². The predicted octanol–water partition coefficient (Wildman–Crippen LogP) is 2.41. The van der Waals surface area contributed by atoms with Gasteiger partial charge in [0, 0.05) is 25.3 Å². The van der Waals surface area contributed by atoms with Gasteiger partial charge < -0.3 is 39.4 Å². The third kappa shape index (κ3) is 5.59. The van der Waals surface area contributed by atoms with Crippen LogP contribution in [0.2, 0.25) is 0 Å². The van der Waals surface area contributed by atoms with E-state index in [0.29, 0.717) is 47.1 Å². The van der Waals surface area contributed by atoms with Crippen LogP contribution in [0.5, 0.6) is 11.5 Å². The average Bonchev–Trinajstić information content (AvgIpc) is 3.68. The highest BCUT2D eigenvalue weighted by Crippen LogP contribution is 2.35. The van der Waals surface area contributed by atoms with E-state index < -0.39 is 24.5 Å². The Kier molecular flexibility index (Phi) is 7.53. The van der Waals surface area contributed by atoms with Crippen molar-refractivity contribution in [2.75, 3.05) is 37.2 Å². The molecule has 14 heteroatoms. The van der Waals surface area contributed by atoms with Crippen molar-refractivity contribution in [3.63, 3.8) is 0 Å². The number of imidazole rings is 1. The molecule has 41 heavy (non-hydrogen) atoms. The van der Waals surface area contributed by atoms with Gasteiger partial charge in [-0.15, -0.1) is 0 Å². The molecule has 2 aromatic carbocycles. The summed E-state index contributed by atoms with van der Waals surface area (Å²) in [6, 6.07) is 11.7. The summed E-state index contributed by atoms with van der Waals surface area (Å²) in [5.41, 5.74) is 2.42. The molecule has 2 aliphatic heterocycles. The van der Waals surface area contributed by atoms with Crippen LogP contribution in [-0.2, 0) is 15.9 Å². The Morgan fingerprint density at radius 2 is 2.00 bits per heavy atom. The summed E-state index contributed by atoms with van der Waals surface area (Å²) >= 11 is 5.28. The molecule has 2 aliphatic rings. The summed E-state index contributed by atoms with van der Waals surface area (Å²) in [7, 11) is 1.86. The lowest BCUT2D eigenvalue weighted by molar-refractivity contribution is -0.0486. The van der Waals surface area contributed by atoms with E-state index >= 15 is 0 Å². The Labute approximate surface area is 239 Å². The summed E-state index contributed by atoms with van der Waals surface area (Å²) in [6.07, 6.45) is -0.893. The second kappa shape index (κ2) is 11.4. The van der Waals surface area contributed by atoms with Gasteiger partial charge in [0.05, 0.1) is 6.33 Å². The van der Waals surface area contributed by atoms with Crippen LogP contribution >= 0.6 is 12.2 Å². The van der Waals surface area contributed by atoms with Gasteiger partial charge in [-0.2, -0.15) is 0 Å². The predicted molar refractivity (Wildman–Crippen MR) is 149 cm³/mol. The summed E-state index contributed by atoms with van der Waals surface area (Å²) < 4.78 is 37.4. The number of thiocarbonyl (C=S) groups is 1. The number of fused-ring (bicyclic) bond motifs is 2. The topological polar surface area (TPSA) is 136 Å². The zero-order valence-corrected chi connectivity index (χ0v) is 22.7. The number of aliphatic hydroxyl groups excluding tert-OH is 2. The number of aliphatic hydroxyl groups is 2. The van der Waals surface area contributed by atoms with Gasteiger partial charge >= 0.3 is 0 Å². The number of anilines is 2. The van der Waals surface area contributed by atoms with Crippen LogP contribution in [0.4, 0.5) is 15.9 Å². The van der Waals surface area contributed by atoms with E-state index in [4.69, 9.17) is 31.2 Å². The molecule has 4 atom stereocenters. The van der Waals surface area contributed by atoms with Gasteiger partial charge in [-0.25, -0.2) is 19.3 Å². The Morgan fingerprint density at radius 1 is 1.15 bits per heavy atom. The first-order valence-corrected chi connectivity index (χ1v) is 13.3. The number of hydrogen-bond acceptors (Lipinski definition) is 11. The van der Waals surface area contributed by atoms with Gasteiger partial charge in [0.2, 0.25) is 6.79 Å². The van der Waals surface area contributed by atoms with Gasteiger partial charge in [0.25, 0.3) is 5.17 Å². The van der Waals surface area contributed by atoms with E-state index in [1.54, 1.807) is 28.8 Å². The number of nitrogens with one attached hydrogen (secondary N) is 1. The molecule has 1 saturated heterocycles. The van der Waals surface area contributed by atoms with E-state index in [1.807, 2.05) is 18.0 Å². The molecule has 4 heterocycles. The van der Waals surface area contributed by atoms with Crippen molar-refractivity contribution in [1.29, 1.82) is 0 Å². The molecule has 12 nitrogen and oxygen atoms in total. The smallest absolute Gasteiger partial charge is 0.261 e. The van der Waals surface area contributed by atoms with Crippen LogP contribution in [0.3, 0.4) is 0 Å². The van der Waals surface area contributed by atoms with Crippen molar-refractivity contribution < 1.29 is 33.6 Å². The monoisotopic (exact) mass is 582 g/mol. The quantitative estimate of drug-likeness (QED) is 0.263. The first kappa shape index (κ1) is 27.1. The largest absolute Gasteiger partial charge is 0.468 e. The highest BCUT2D eigenvalue weighted by Gasteiger charge is 2.45. The van der Waals surface area contributed by atoms with Crippen molar-refractivity contribution in [2.24, 2.45) is 0 Å². The lowest BCUT2D eigenvalue weighted by Gasteiger charge is -2.19. The third-order valence-corrected chi connectivity index (χ3v) is 7.15. The highest BCUT2D eigenvalue weighted by molar-refractivity contribution is 7.80. The van der Waals surface area contributed by atoms with Crippen LogP contribution < -0.4 is 19.7 Å². The fourth-order valence-electron chi connectivity index (χ4n) is 4.78. The number of likely N-dealkylation sites (N-methyl/N-ethyl adjacent to an activating group) is 1. The second-order valence-electron chi connectivity index (χ2n) is 9.66. The standard InChI is InChI=1S/C27H27FN6O6S/c1-33(8-7-15-3-2-4-16(28)9-15)24-21-25(30-12-29-24)34(13-31-21)26-23(36)22(35)20(40-26)11-37-27(41)32-17-5-6-18-19(10-17)39-14-38-18/h2-6,9-10,12-13,20,22-23,26,35-36H,7-8,11,14H2,1H3,(H,32,41)/t20-,22?,23-,26-/m1/s1. The number of benzene rings is 2. The second-order valence-corrected chi connectivity index (χ2v) is 10.0. The fraction of sp³-hybridized carbons (Fsp3) is 0.333. The van der Waals surface area contributed by atoms with E-state index in [1.165, 1.54) is 24.8 Å². The molecule has 0 aliphatic carbocycles. The van der Waals surface area contributed by atoms with E-state index in [2.05, 4.69) is 20.3 Å². The maximum Gasteiger partial charge on any atom is 0.261 e. The maximum absolute atomic E-state index is 13.6. The molecule has 0 amide bonds. The third-order valence-electron chi connectivity index (χ3n) is 6.93. The minimum absolute atomic E-state index is 0.0596. The number of hydrogen-bond donors (Lipinski definition) is 3. The Hall–Kier alpha value is -4.11. The van der Waals surface area contributed by atoms with Gasteiger partial charge in [0.15, 0.2) is 34.7 Å². The lowest BCUT2D eigenvalue weighted by Crippen LogP contribution is -2.34. The zero-order chi connectivity index (χ0) is 28.5. The molecule has 0 bridgehead atoms. The number of nitrogens with zero attached hydrogens (tertiary/aromatic N) is 5. The molecule has 3 N–H and O–H groups in total. The highest BCUT2D eigenvalue weighted by atomic mass is 32.1. The summed E-state index contributed by atoms with van der Waals surface area (Å²) in [4.78, 5) is 15.1. The molecule has 6 rings (SSSR count). The Balaban J connectivity index is 1.10. The molecule has 0 spiro atoms. The van der Waals surface area contributed by atoms with Crippen molar-refractivity contribution in [3.05, 3.63) is 66.5 Å². The first-order chi connectivity index (χ1) is 19.9. The fourth-order valence-corrected chi connectivity index (χ4v) is 4.97. The molecule has 2 aromatic heterocycles. The van der Waals surface area contributed by atoms with E-state index in [-0.39, 0.29) is 24.4 Å². The normalized spacial score (nSPS) is 21.3. The molecule has 4 aromatic rings. The van der Waals surface area contributed by atoms with Crippen molar-refractivity contribution in [3.8, 4) is 11.5 Å². The number of halogens is 1. The van der Waals surface area contributed by atoms with Gasteiger partial charge in [-0.1, -0.05) is 12.1 Å². The molecule has 0 radical (unpaired) electrons. The summed E-state index contributed by atoms with van der Waals surface area (Å²) in [5, 5.41) is 24.5. The molecular weight excluding hydrogens is 555 g/mol. The number of aromatic nitrogens is 4. The maximum atomic E-state index is 13.6. The minimum Gasteiger partial charge on any atom is -0.468 e. The molecule has 0 saturated carbocycles. The van der Waals surface area contributed by atoms with Gasteiger partial charge in [-0.3, -0.25) is 4.57 Å². The summed E-state index contributed by atoms with van der Waals surface area (Å²) in [5.74, 6) is 1.52. The number of ether oxygens (including phenoxy) is 4. The SMILES string of the molecule is CN(CCc1cccc(F)c1)c1ncnc2c1ncn2[C@@H]1O[C@H](COC(=S)Nc2ccc3c(c2)OCO3)C(O)[C@H]1O. The van der Waals surface area contributed by atoms with Crippen molar-refractivity contribution >= 4 is 40.1 Å². The van der Waals surface area contributed by atoms with E-state index in [0.717, 1.165) is 5.56 Å². The van der Waals surface area contributed by atoms with Crippen LogP contribution in [0.1, 0.15) is 11.8 Å². The Morgan fingerprint density at radius 3 is 2.85 bits per heavy atom. The molecule has 1 unspecified atom stereocenters. The number of rotatable bonds is 8. The van der Waals surface area contributed by atoms with Crippen molar-refractivity contribution in [1.82, 2.24) is 19.5 Å². The van der Waals surface area contributed by atoms with Crippen molar-refractivity contribution in [2.45, 2.75) is 31.0 Å².